The highest BCUT2D eigenvalue weighted by Crippen LogP contribution is 2.27. The lowest BCUT2D eigenvalue weighted by atomic mass is 10.1. The van der Waals surface area contributed by atoms with Crippen LogP contribution >= 0.6 is 11.6 Å². The van der Waals surface area contributed by atoms with E-state index in [-0.39, 0.29) is 0 Å². The molecule has 1 aliphatic rings. The summed E-state index contributed by atoms with van der Waals surface area (Å²) in [4.78, 5) is 11.5. The molecule has 0 saturated carbocycles. The maximum absolute atomic E-state index is 6.28. The summed E-state index contributed by atoms with van der Waals surface area (Å²) in [6.07, 6.45) is 4.79. The van der Waals surface area contributed by atoms with Gasteiger partial charge in [-0.15, -0.1) is 0 Å². The maximum atomic E-state index is 6.28. The highest BCUT2D eigenvalue weighted by Gasteiger charge is 2.20. The number of benzene rings is 1. The fourth-order valence-electron chi connectivity index (χ4n) is 3.21. The zero-order valence-corrected chi connectivity index (χ0v) is 13.2. The Morgan fingerprint density at radius 2 is 2.14 bits per heavy atom. The van der Waals surface area contributed by atoms with Crippen molar-refractivity contribution in [3.05, 3.63) is 58.8 Å². The fraction of sp³-hybridized carbons (Fsp3) is 0.294. The molecule has 0 N–H and O–H groups in total. The number of aryl methyl sites for hydroxylation is 1. The molecular formula is C17H17ClN4. The summed E-state index contributed by atoms with van der Waals surface area (Å²) in [5.74, 6) is 0. The number of imidazole rings is 1. The first-order valence-corrected chi connectivity index (χ1v) is 7.83. The Hall–Kier alpha value is -1.91. The molecule has 0 fully saturated rings. The zero-order valence-electron chi connectivity index (χ0n) is 12.5. The first-order valence-electron chi connectivity index (χ1n) is 7.46. The van der Waals surface area contributed by atoms with Crippen molar-refractivity contribution in [2.45, 2.75) is 19.5 Å². The van der Waals surface area contributed by atoms with E-state index in [9.17, 15) is 0 Å². The Bertz CT molecular complexity index is 840. The number of fused-ring (bicyclic) bond motifs is 2. The first kappa shape index (κ1) is 13.7. The van der Waals surface area contributed by atoms with Crippen molar-refractivity contribution < 1.29 is 0 Å². The molecule has 1 aliphatic heterocycles. The third kappa shape index (κ3) is 2.28. The molecule has 0 amide bonds. The summed E-state index contributed by atoms with van der Waals surface area (Å²) >= 11 is 6.28. The van der Waals surface area contributed by atoms with Crippen molar-refractivity contribution in [2.75, 3.05) is 6.54 Å². The molecular weight excluding hydrogens is 296 g/mol. The van der Waals surface area contributed by atoms with Gasteiger partial charge in [-0.1, -0.05) is 17.7 Å². The van der Waals surface area contributed by atoms with E-state index >= 15 is 0 Å². The van der Waals surface area contributed by atoms with Crippen LogP contribution in [0.15, 0.2) is 36.8 Å². The lowest BCUT2D eigenvalue weighted by molar-refractivity contribution is 0.241. The molecule has 0 bridgehead atoms. The minimum atomic E-state index is 0.762. The summed E-state index contributed by atoms with van der Waals surface area (Å²) in [6.45, 7) is 2.82. The summed E-state index contributed by atoms with van der Waals surface area (Å²) < 4.78 is 2.13. The van der Waals surface area contributed by atoms with Gasteiger partial charge in [-0.05, 0) is 23.8 Å². The van der Waals surface area contributed by atoms with Crippen molar-refractivity contribution in [1.29, 1.82) is 0 Å². The zero-order chi connectivity index (χ0) is 15.1. The first-order chi connectivity index (χ1) is 10.7. The third-order valence-corrected chi connectivity index (χ3v) is 4.71. The van der Waals surface area contributed by atoms with Crippen LogP contribution in [0, 0.1) is 0 Å². The van der Waals surface area contributed by atoms with Crippen LogP contribution in [0.1, 0.15) is 17.0 Å². The predicted molar refractivity (Wildman–Crippen MR) is 87.8 cm³/mol. The quantitative estimate of drug-likeness (QED) is 0.729. The normalized spacial score (nSPS) is 15.2. The van der Waals surface area contributed by atoms with Crippen LogP contribution in [0.3, 0.4) is 0 Å². The van der Waals surface area contributed by atoms with E-state index in [0.29, 0.717) is 0 Å². The summed E-state index contributed by atoms with van der Waals surface area (Å²) in [6, 6.07) is 8.02. The monoisotopic (exact) mass is 312 g/mol. The number of hydrogen-bond acceptors (Lipinski definition) is 3. The Morgan fingerprint density at radius 1 is 1.23 bits per heavy atom. The number of rotatable bonds is 2. The van der Waals surface area contributed by atoms with Crippen LogP contribution in [-0.2, 0) is 26.6 Å². The molecule has 0 atom stereocenters. The average molecular weight is 313 g/mol. The summed E-state index contributed by atoms with van der Waals surface area (Å²) in [5.41, 5.74) is 4.77. The summed E-state index contributed by atoms with van der Waals surface area (Å²) in [5, 5.41) is 1.79. The van der Waals surface area contributed by atoms with E-state index < -0.39 is 0 Å². The predicted octanol–water partition coefficient (Wildman–Crippen LogP) is 3.18. The lowest BCUT2D eigenvalue weighted by Gasteiger charge is -2.27. The van der Waals surface area contributed by atoms with E-state index in [1.807, 2.05) is 30.7 Å². The van der Waals surface area contributed by atoms with Gasteiger partial charge in [0.15, 0.2) is 0 Å². The van der Waals surface area contributed by atoms with Crippen molar-refractivity contribution in [1.82, 2.24) is 19.4 Å². The van der Waals surface area contributed by atoms with Crippen LogP contribution in [0.5, 0.6) is 0 Å². The molecule has 4 nitrogen and oxygen atoms in total. The van der Waals surface area contributed by atoms with Crippen molar-refractivity contribution >= 4 is 22.5 Å². The fourth-order valence-corrected chi connectivity index (χ4v) is 3.43. The number of halogens is 1. The third-order valence-electron chi connectivity index (χ3n) is 4.38. The van der Waals surface area contributed by atoms with Crippen LogP contribution in [0.4, 0.5) is 0 Å². The topological polar surface area (TPSA) is 34.0 Å². The van der Waals surface area contributed by atoms with Crippen LogP contribution in [0.25, 0.3) is 10.9 Å². The second kappa shape index (κ2) is 5.38. The summed E-state index contributed by atoms with van der Waals surface area (Å²) in [7, 11) is 2.07. The van der Waals surface area contributed by atoms with Gasteiger partial charge >= 0.3 is 0 Å². The second-order valence-electron chi connectivity index (χ2n) is 5.82. The minimum Gasteiger partial charge on any atom is -0.337 e. The molecule has 1 aromatic carbocycles. The molecule has 5 heteroatoms. The highest BCUT2D eigenvalue weighted by atomic mass is 35.5. The van der Waals surface area contributed by atoms with Crippen LogP contribution < -0.4 is 0 Å². The molecule has 3 aromatic rings. The van der Waals surface area contributed by atoms with Gasteiger partial charge in [0.25, 0.3) is 0 Å². The van der Waals surface area contributed by atoms with Gasteiger partial charge in [-0.2, -0.15) is 0 Å². The van der Waals surface area contributed by atoms with E-state index in [0.717, 1.165) is 42.0 Å². The minimum absolute atomic E-state index is 0.762. The largest absolute Gasteiger partial charge is 0.337 e. The van der Waals surface area contributed by atoms with Gasteiger partial charge in [0.1, 0.15) is 0 Å². The standard InChI is InChI=1S/C17H17ClN4/c1-21-11-20-15-10-22(8-6-16(15)21)9-12-4-5-14(18)13-3-2-7-19-17(12)13/h2-5,7,11H,6,8-10H2,1H3. The molecule has 3 heterocycles. The van der Waals surface area contributed by atoms with Gasteiger partial charge in [0, 0.05) is 55.4 Å². The molecule has 0 unspecified atom stereocenters. The highest BCUT2D eigenvalue weighted by molar-refractivity contribution is 6.35. The van der Waals surface area contributed by atoms with E-state index in [1.165, 1.54) is 17.0 Å². The van der Waals surface area contributed by atoms with E-state index in [2.05, 4.69) is 32.5 Å². The van der Waals surface area contributed by atoms with E-state index in [1.54, 1.807) is 0 Å². The Labute approximate surface area is 134 Å². The SMILES string of the molecule is Cn1cnc2c1CCN(Cc1ccc(Cl)c3cccnc13)C2. The number of nitrogens with zero attached hydrogens (tertiary/aromatic N) is 4. The Morgan fingerprint density at radius 3 is 3.05 bits per heavy atom. The molecule has 4 rings (SSSR count). The average Bonchev–Trinajstić information content (AvgIpc) is 2.91. The molecule has 0 radical (unpaired) electrons. The van der Waals surface area contributed by atoms with Gasteiger partial charge in [-0.25, -0.2) is 4.98 Å². The molecule has 0 spiro atoms. The van der Waals surface area contributed by atoms with Gasteiger partial charge < -0.3 is 4.57 Å². The number of pyridine rings is 1. The Balaban J connectivity index is 1.64. The maximum Gasteiger partial charge on any atom is 0.0949 e. The molecule has 22 heavy (non-hydrogen) atoms. The van der Waals surface area contributed by atoms with Gasteiger partial charge in [0.2, 0.25) is 0 Å². The molecule has 2 aromatic heterocycles. The smallest absolute Gasteiger partial charge is 0.0949 e. The van der Waals surface area contributed by atoms with Gasteiger partial charge in [-0.3, -0.25) is 9.88 Å². The van der Waals surface area contributed by atoms with Crippen LogP contribution in [0.2, 0.25) is 5.02 Å². The lowest BCUT2D eigenvalue weighted by Crippen LogP contribution is -2.30. The second-order valence-corrected chi connectivity index (χ2v) is 6.22. The van der Waals surface area contributed by atoms with E-state index in [4.69, 9.17) is 11.6 Å². The van der Waals surface area contributed by atoms with Crippen molar-refractivity contribution in [3.63, 3.8) is 0 Å². The molecule has 112 valence electrons. The number of aromatic nitrogens is 3. The molecule has 0 saturated heterocycles. The number of hydrogen-bond donors (Lipinski definition) is 0. The van der Waals surface area contributed by atoms with Crippen molar-refractivity contribution in [3.8, 4) is 0 Å². The van der Waals surface area contributed by atoms with Crippen molar-refractivity contribution in [2.24, 2.45) is 7.05 Å². The Kier molecular flexibility index (Phi) is 3.36. The van der Waals surface area contributed by atoms with Crippen LogP contribution in [-0.4, -0.2) is 26.0 Å². The molecule has 0 aliphatic carbocycles. The van der Waals surface area contributed by atoms with Gasteiger partial charge in [0.05, 0.1) is 17.5 Å².